The third-order valence-corrected chi connectivity index (χ3v) is 3.51. The smallest absolute Gasteiger partial charge is 0.396 e. The first-order valence-electron chi connectivity index (χ1n) is 6.70. The van der Waals surface area contributed by atoms with Crippen molar-refractivity contribution >= 4 is 17.5 Å². The number of hydrogen-bond donors (Lipinski definition) is 2. The second-order valence-corrected chi connectivity index (χ2v) is 5.09. The Balaban J connectivity index is 2.08. The molecule has 1 atom stereocenters. The van der Waals surface area contributed by atoms with Gasteiger partial charge in [0, 0.05) is 25.6 Å². The zero-order valence-electron chi connectivity index (χ0n) is 11.6. The van der Waals surface area contributed by atoms with E-state index in [1.54, 1.807) is 0 Å². The van der Waals surface area contributed by atoms with Gasteiger partial charge < -0.3 is 15.3 Å². The number of para-hydroxylation sites is 1. The second kappa shape index (κ2) is 6.35. The molecular weight excluding hydrogens is 301 g/mol. The zero-order valence-corrected chi connectivity index (χ0v) is 11.6. The monoisotopic (exact) mass is 316 g/mol. The minimum atomic E-state index is -4.62. The summed E-state index contributed by atoms with van der Waals surface area (Å²) in [5, 5.41) is 11.0. The van der Waals surface area contributed by atoms with E-state index in [1.165, 1.54) is 17.0 Å². The Bertz CT molecular complexity index is 575. The molecular formula is C14H15F3N2O3. The van der Waals surface area contributed by atoms with Crippen molar-refractivity contribution in [3.05, 3.63) is 29.8 Å². The van der Waals surface area contributed by atoms with Gasteiger partial charge in [-0.1, -0.05) is 12.1 Å². The van der Waals surface area contributed by atoms with Crippen molar-refractivity contribution in [3.63, 3.8) is 0 Å². The average Bonchev–Trinajstić information content (AvgIpc) is 2.94. The second-order valence-electron chi connectivity index (χ2n) is 5.09. The van der Waals surface area contributed by atoms with E-state index >= 15 is 0 Å². The van der Waals surface area contributed by atoms with Crippen LogP contribution in [0.1, 0.15) is 12.0 Å². The highest BCUT2D eigenvalue weighted by molar-refractivity contribution is 6.39. The summed E-state index contributed by atoms with van der Waals surface area (Å²) >= 11 is 0. The number of likely N-dealkylation sites (tertiary alicyclic amines) is 1. The van der Waals surface area contributed by atoms with Gasteiger partial charge in [0.15, 0.2) is 0 Å². The summed E-state index contributed by atoms with van der Waals surface area (Å²) < 4.78 is 38.5. The molecule has 1 aromatic carbocycles. The van der Waals surface area contributed by atoms with Gasteiger partial charge in [0.25, 0.3) is 0 Å². The van der Waals surface area contributed by atoms with E-state index < -0.39 is 29.2 Å². The van der Waals surface area contributed by atoms with Crippen molar-refractivity contribution in [2.75, 3.05) is 25.0 Å². The highest BCUT2D eigenvalue weighted by Crippen LogP contribution is 2.34. The lowest BCUT2D eigenvalue weighted by Gasteiger charge is -2.17. The summed E-state index contributed by atoms with van der Waals surface area (Å²) in [6.07, 6.45) is -4.06. The molecule has 22 heavy (non-hydrogen) atoms. The fourth-order valence-electron chi connectivity index (χ4n) is 2.32. The molecule has 0 radical (unpaired) electrons. The van der Waals surface area contributed by atoms with Crippen LogP contribution in [0.4, 0.5) is 18.9 Å². The molecule has 1 fully saturated rings. The molecule has 1 heterocycles. The van der Waals surface area contributed by atoms with Crippen LogP contribution < -0.4 is 5.32 Å². The predicted molar refractivity (Wildman–Crippen MR) is 71.8 cm³/mol. The molecule has 120 valence electrons. The Kier molecular flexibility index (Phi) is 4.70. The number of alkyl halides is 3. The first kappa shape index (κ1) is 16.3. The Labute approximate surface area is 124 Å². The lowest BCUT2D eigenvalue weighted by atomic mass is 10.1. The van der Waals surface area contributed by atoms with E-state index in [9.17, 15) is 22.8 Å². The molecule has 1 saturated heterocycles. The molecule has 5 nitrogen and oxygen atoms in total. The van der Waals surface area contributed by atoms with Gasteiger partial charge in [-0.3, -0.25) is 9.59 Å². The first-order chi connectivity index (χ1) is 10.3. The van der Waals surface area contributed by atoms with Crippen LogP contribution in [0.15, 0.2) is 24.3 Å². The van der Waals surface area contributed by atoms with Crippen LogP contribution in [0.25, 0.3) is 0 Å². The molecule has 0 spiro atoms. The number of aliphatic hydroxyl groups is 1. The molecule has 0 saturated carbocycles. The molecule has 0 bridgehead atoms. The molecule has 8 heteroatoms. The first-order valence-corrected chi connectivity index (χ1v) is 6.70. The number of benzene rings is 1. The van der Waals surface area contributed by atoms with Crippen molar-refractivity contribution < 1.29 is 27.9 Å². The molecule has 1 aliphatic heterocycles. The van der Waals surface area contributed by atoms with Crippen LogP contribution in [0.5, 0.6) is 0 Å². The number of amides is 2. The minimum absolute atomic E-state index is 0.0949. The molecule has 2 amide bonds. The Morgan fingerprint density at radius 2 is 2.00 bits per heavy atom. The number of nitrogens with zero attached hydrogens (tertiary/aromatic N) is 1. The van der Waals surface area contributed by atoms with Crippen LogP contribution in [-0.4, -0.2) is 41.5 Å². The predicted octanol–water partition coefficient (Wildman–Crippen LogP) is 1.48. The van der Waals surface area contributed by atoms with Crippen molar-refractivity contribution in [2.24, 2.45) is 5.92 Å². The molecule has 1 aliphatic rings. The molecule has 2 N–H and O–H groups in total. The highest BCUT2D eigenvalue weighted by atomic mass is 19.4. The Morgan fingerprint density at radius 1 is 1.32 bits per heavy atom. The van der Waals surface area contributed by atoms with Gasteiger partial charge in [0.05, 0.1) is 11.3 Å². The zero-order chi connectivity index (χ0) is 16.3. The van der Waals surface area contributed by atoms with Crippen molar-refractivity contribution in [1.29, 1.82) is 0 Å². The van der Waals surface area contributed by atoms with Gasteiger partial charge in [0.2, 0.25) is 0 Å². The number of anilines is 1. The SMILES string of the molecule is O=C(Nc1ccccc1C(F)(F)F)C(=O)N1CCC(CO)C1. The van der Waals surface area contributed by atoms with Crippen molar-refractivity contribution in [3.8, 4) is 0 Å². The summed E-state index contributed by atoms with van der Waals surface area (Å²) in [7, 11) is 0. The fraction of sp³-hybridized carbons (Fsp3) is 0.429. The third kappa shape index (κ3) is 3.56. The molecule has 0 aromatic heterocycles. The van der Waals surface area contributed by atoms with E-state index in [4.69, 9.17) is 5.11 Å². The number of carbonyl (C=O) groups is 2. The normalized spacial score (nSPS) is 18.4. The maximum absolute atomic E-state index is 12.8. The highest BCUT2D eigenvalue weighted by Gasteiger charge is 2.35. The number of hydrogen-bond acceptors (Lipinski definition) is 3. The van der Waals surface area contributed by atoms with Gasteiger partial charge >= 0.3 is 18.0 Å². The standard InChI is InChI=1S/C14H15F3N2O3/c15-14(16,17)10-3-1-2-4-11(10)18-12(21)13(22)19-6-5-9(7-19)8-20/h1-4,9,20H,5-8H2,(H,18,21). The van der Waals surface area contributed by atoms with Crippen LogP contribution in [-0.2, 0) is 15.8 Å². The topological polar surface area (TPSA) is 69.6 Å². The molecule has 1 aromatic rings. The molecule has 1 unspecified atom stereocenters. The van der Waals surface area contributed by atoms with E-state index in [0.29, 0.717) is 13.0 Å². The molecule has 2 rings (SSSR count). The number of nitrogens with one attached hydrogen (secondary N) is 1. The number of rotatable bonds is 2. The van der Waals surface area contributed by atoms with E-state index in [2.05, 4.69) is 0 Å². The fourth-order valence-corrected chi connectivity index (χ4v) is 2.32. The number of halogens is 3. The third-order valence-electron chi connectivity index (χ3n) is 3.51. The average molecular weight is 316 g/mol. The lowest BCUT2D eigenvalue weighted by molar-refractivity contribution is -0.142. The van der Waals surface area contributed by atoms with Gasteiger partial charge in [-0.25, -0.2) is 0 Å². The van der Waals surface area contributed by atoms with E-state index in [-0.39, 0.29) is 19.1 Å². The van der Waals surface area contributed by atoms with Crippen molar-refractivity contribution in [1.82, 2.24) is 4.90 Å². The minimum Gasteiger partial charge on any atom is -0.396 e. The van der Waals surface area contributed by atoms with Crippen molar-refractivity contribution in [2.45, 2.75) is 12.6 Å². The molecule has 0 aliphatic carbocycles. The summed E-state index contributed by atoms with van der Waals surface area (Å²) in [5.41, 5.74) is -1.46. The van der Waals surface area contributed by atoms with Gasteiger partial charge in [-0.2, -0.15) is 13.2 Å². The van der Waals surface area contributed by atoms with Crippen LogP contribution in [0.2, 0.25) is 0 Å². The van der Waals surface area contributed by atoms with Crippen LogP contribution >= 0.6 is 0 Å². The summed E-state index contributed by atoms with van der Waals surface area (Å²) in [4.78, 5) is 25.0. The van der Waals surface area contributed by atoms with Gasteiger partial charge in [0.1, 0.15) is 0 Å². The Hall–Kier alpha value is -2.09. The van der Waals surface area contributed by atoms with Crippen LogP contribution in [0, 0.1) is 5.92 Å². The summed E-state index contributed by atoms with van der Waals surface area (Å²) in [6.45, 7) is 0.435. The summed E-state index contributed by atoms with van der Waals surface area (Å²) in [5.74, 6) is -2.11. The Morgan fingerprint density at radius 3 is 2.59 bits per heavy atom. The van der Waals surface area contributed by atoms with E-state index in [1.807, 2.05) is 5.32 Å². The number of carbonyl (C=O) groups excluding carboxylic acids is 2. The van der Waals surface area contributed by atoms with Crippen LogP contribution in [0.3, 0.4) is 0 Å². The van der Waals surface area contributed by atoms with Gasteiger partial charge in [-0.15, -0.1) is 0 Å². The lowest BCUT2D eigenvalue weighted by Crippen LogP contribution is -2.38. The number of aliphatic hydroxyl groups excluding tert-OH is 1. The quantitative estimate of drug-likeness (QED) is 0.812. The largest absolute Gasteiger partial charge is 0.418 e. The maximum Gasteiger partial charge on any atom is 0.418 e. The maximum atomic E-state index is 12.8. The summed E-state index contributed by atoms with van der Waals surface area (Å²) in [6, 6.07) is 4.46. The van der Waals surface area contributed by atoms with Gasteiger partial charge in [-0.05, 0) is 18.6 Å². The van der Waals surface area contributed by atoms with E-state index in [0.717, 1.165) is 12.1 Å².